The molecule has 1 unspecified atom stereocenters. The molecular weight excluding hydrogens is 160 g/mol. The van der Waals surface area contributed by atoms with Crippen molar-refractivity contribution in [1.29, 1.82) is 0 Å². The fraction of sp³-hybridized carbons (Fsp3) is 0.875. The lowest BCUT2D eigenvalue weighted by molar-refractivity contribution is -0.145. The molecule has 0 aromatic heterocycles. The van der Waals surface area contributed by atoms with Crippen molar-refractivity contribution in [2.45, 2.75) is 32.3 Å². The Bertz CT molecular complexity index is 122. The predicted molar refractivity (Wildman–Crippen MR) is 43.6 cm³/mol. The molecule has 1 atom stereocenters. The Morgan fingerprint density at radius 2 is 2.17 bits per heavy atom. The van der Waals surface area contributed by atoms with Crippen LogP contribution >= 0.6 is 0 Å². The first-order valence-electron chi connectivity index (χ1n) is 4.11. The maximum Gasteiger partial charge on any atom is 0.308 e. The largest absolute Gasteiger partial charge is 0.466 e. The number of carbonyl (C=O) groups is 1. The van der Waals surface area contributed by atoms with E-state index in [9.17, 15) is 4.79 Å². The first-order valence-corrected chi connectivity index (χ1v) is 4.11. The van der Waals surface area contributed by atoms with Crippen molar-refractivity contribution in [3.8, 4) is 0 Å². The van der Waals surface area contributed by atoms with Gasteiger partial charge in [-0.2, -0.15) is 0 Å². The smallest absolute Gasteiger partial charge is 0.308 e. The van der Waals surface area contributed by atoms with Gasteiger partial charge in [0.2, 0.25) is 0 Å². The first kappa shape index (κ1) is 11.4. The predicted octanol–water partition coefficient (Wildman–Crippen LogP) is 0.0730. The summed E-state index contributed by atoms with van der Waals surface area (Å²) in [6.07, 6.45) is 0.707. The average molecular weight is 176 g/mol. The number of rotatable bonds is 6. The minimum absolute atomic E-state index is 0.0408. The second kappa shape index (κ2) is 7.06. The lowest BCUT2D eigenvalue weighted by atomic mass is 10.3. The molecule has 0 saturated heterocycles. The van der Waals surface area contributed by atoms with Crippen LogP contribution in [-0.2, 0) is 9.53 Å². The highest BCUT2D eigenvalue weighted by atomic mass is 16.5. The van der Waals surface area contributed by atoms with Crippen LogP contribution in [0.3, 0.4) is 0 Å². The molecule has 0 aliphatic carbocycles. The molecule has 0 fully saturated rings. The third kappa shape index (κ3) is 7.50. The van der Waals surface area contributed by atoms with E-state index < -0.39 is 6.10 Å². The highest BCUT2D eigenvalue weighted by Crippen LogP contribution is 1.95. The maximum atomic E-state index is 10.8. The molecule has 72 valence electrons. The fourth-order valence-corrected chi connectivity index (χ4v) is 0.700. The Balaban J connectivity index is 3.20. The van der Waals surface area contributed by atoms with Crippen LogP contribution < -0.4 is 0 Å². The molecule has 0 heterocycles. The molecule has 0 spiro atoms. The van der Waals surface area contributed by atoms with Crippen molar-refractivity contribution in [3.05, 3.63) is 0 Å². The van der Waals surface area contributed by atoms with E-state index in [1.54, 1.807) is 0 Å². The zero-order chi connectivity index (χ0) is 9.40. The van der Waals surface area contributed by atoms with E-state index in [2.05, 4.69) is 0 Å². The van der Waals surface area contributed by atoms with Gasteiger partial charge in [0.1, 0.15) is 0 Å². The minimum atomic E-state index is -0.643. The summed E-state index contributed by atoms with van der Waals surface area (Å²) in [4.78, 5) is 10.8. The lowest BCUT2D eigenvalue weighted by Gasteiger charge is -2.04. The van der Waals surface area contributed by atoms with Gasteiger partial charge in [0, 0.05) is 6.61 Å². The van der Waals surface area contributed by atoms with Crippen LogP contribution in [-0.4, -0.2) is 35.5 Å². The van der Waals surface area contributed by atoms with Gasteiger partial charge in [0.15, 0.2) is 0 Å². The molecule has 4 heteroatoms. The van der Waals surface area contributed by atoms with E-state index in [4.69, 9.17) is 14.9 Å². The summed E-state index contributed by atoms with van der Waals surface area (Å²) in [6, 6.07) is 0. The number of ether oxygens (including phenoxy) is 1. The maximum absolute atomic E-state index is 10.8. The van der Waals surface area contributed by atoms with E-state index in [1.165, 1.54) is 6.92 Å². The number of aliphatic hydroxyl groups is 2. The number of hydrogen-bond acceptors (Lipinski definition) is 4. The number of unbranched alkanes of at least 4 members (excludes halogenated alkanes) is 1. The van der Waals surface area contributed by atoms with Crippen molar-refractivity contribution in [3.63, 3.8) is 0 Å². The van der Waals surface area contributed by atoms with Gasteiger partial charge >= 0.3 is 5.97 Å². The van der Waals surface area contributed by atoms with Gasteiger partial charge in [0.05, 0.1) is 19.1 Å². The normalized spacial score (nSPS) is 12.6. The number of hydrogen-bond donors (Lipinski definition) is 2. The Kier molecular flexibility index (Phi) is 6.70. The summed E-state index contributed by atoms with van der Waals surface area (Å²) in [6.45, 7) is 1.98. The van der Waals surface area contributed by atoms with Crippen LogP contribution in [0.15, 0.2) is 0 Å². The van der Waals surface area contributed by atoms with Crippen molar-refractivity contribution < 1.29 is 19.7 Å². The van der Waals surface area contributed by atoms with Crippen molar-refractivity contribution in [1.82, 2.24) is 0 Å². The third-order valence-corrected chi connectivity index (χ3v) is 1.28. The van der Waals surface area contributed by atoms with E-state index in [1.807, 2.05) is 0 Å². The molecule has 2 N–H and O–H groups in total. The summed E-state index contributed by atoms with van der Waals surface area (Å²) < 4.78 is 4.74. The summed E-state index contributed by atoms with van der Waals surface area (Å²) in [7, 11) is 0. The molecule has 12 heavy (non-hydrogen) atoms. The number of esters is 1. The molecule has 0 rings (SSSR count). The van der Waals surface area contributed by atoms with Gasteiger partial charge in [-0.3, -0.25) is 4.79 Å². The Morgan fingerprint density at radius 1 is 1.50 bits per heavy atom. The lowest BCUT2D eigenvalue weighted by Crippen LogP contribution is -2.13. The highest BCUT2D eigenvalue weighted by molar-refractivity contribution is 5.69. The standard InChI is InChI=1S/C8H16O4/c1-7(10)6-8(11)12-5-3-2-4-9/h7,9-10H,2-6H2,1H3. The summed E-state index contributed by atoms with van der Waals surface area (Å²) in [5, 5.41) is 17.2. The fourth-order valence-electron chi connectivity index (χ4n) is 0.700. The summed E-state index contributed by atoms with van der Waals surface area (Å²) in [5.74, 6) is -0.386. The van der Waals surface area contributed by atoms with Crippen molar-refractivity contribution in [2.75, 3.05) is 13.2 Å². The topological polar surface area (TPSA) is 66.8 Å². The third-order valence-electron chi connectivity index (χ3n) is 1.28. The second-order valence-electron chi connectivity index (χ2n) is 2.70. The number of aliphatic hydroxyl groups excluding tert-OH is 2. The van der Waals surface area contributed by atoms with Gasteiger partial charge < -0.3 is 14.9 Å². The van der Waals surface area contributed by atoms with E-state index in [0.717, 1.165) is 0 Å². The highest BCUT2D eigenvalue weighted by Gasteiger charge is 2.05. The molecule has 0 radical (unpaired) electrons. The Hall–Kier alpha value is -0.610. The van der Waals surface area contributed by atoms with Crippen LogP contribution in [0.5, 0.6) is 0 Å². The molecule has 0 aliphatic heterocycles. The molecule has 0 aromatic rings. The van der Waals surface area contributed by atoms with Gasteiger partial charge in [-0.05, 0) is 19.8 Å². The molecule has 0 aromatic carbocycles. The molecular formula is C8H16O4. The summed E-state index contributed by atoms with van der Waals surface area (Å²) in [5.41, 5.74) is 0. The monoisotopic (exact) mass is 176 g/mol. The first-order chi connectivity index (χ1) is 5.66. The van der Waals surface area contributed by atoms with Gasteiger partial charge in [-0.1, -0.05) is 0 Å². The van der Waals surface area contributed by atoms with Crippen LogP contribution in [0.25, 0.3) is 0 Å². The Labute approximate surface area is 72.2 Å². The van der Waals surface area contributed by atoms with Crippen LogP contribution in [0.2, 0.25) is 0 Å². The van der Waals surface area contributed by atoms with Gasteiger partial charge in [-0.25, -0.2) is 0 Å². The molecule has 4 nitrogen and oxygen atoms in total. The van der Waals surface area contributed by atoms with Crippen molar-refractivity contribution in [2.24, 2.45) is 0 Å². The van der Waals surface area contributed by atoms with E-state index in [0.29, 0.717) is 19.4 Å². The molecule has 0 aliphatic rings. The number of carbonyl (C=O) groups excluding carboxylic acids is 1. The minimum Gasteiger partial charge on any atom is -0.466 e. The van der Waals surface area contributed by atoms with E-state index >= 15 is 0 Å². The quantitative estimate of drug-likeness (QED) is 0.444. The zero-order valence-corrected chi connectivity index (χ0v) is 7.32. The van der Waals surface area contributed by atoms with Crippen LogP contribution in [0, 0.1) is 0 Å². The van der Waals surface area contributed by atoms with E-state index in [-0.39, 0.29) is 19.0 Å². The Morgan fingerprint density at radius 3 is 2.67 bits per heavy atom. The van der Waals surface area contributed by atoms with Crippen molar-refractivity contribution >= 4 is 5.97 Å². The molecule has 0 bridgehead atoms. The van der Waals surface area contributed by atoms with Gasteiger partial charge in [-0.15, -0.1) is 0 Å². The van der Waals surface area contributed by atoms with Gasteiger partial charge in [0.25, 0.3) is 0 Å². The molecule has 0 saturated carbocycles. The second-order valence-corrected chi connectivity index (χ2v) is 2.70. The average Bonchev–Trinajstić information content (AvgIpc) is 1.97. The zero-order valence-electron chi connectivity index (χ0n) is 7.32. The van der Waals surface area contributed by atoms with Crippen LogP contribution in [0.1, 0.15) is 26.2 Å². The molecule has 0 amide bonds. The SMILES string of the molecule is CC(O)CC(=O)OCCCCO. The summed E-state index contributed by atoms with van der Waals surface area (Å²) >= 11 is 0. The van der Waals surface area contributed by atoms with Crippen LogP contribution in [0.4, 0.5) is 0 Å².